The summed E-state index contributed by atoms with van der Waals surface area (Å²) in [5.41, 5.74) is 0. The Kier molecular flexibility index (Phi) is 34.5. The molecule has 0 aliphatic rings. The number of allylic oxidation sites excluding steroid dienone is 9. The molecule has 0 saturated carbocycles. The van der Waals surface area contributed by atoms with Gasteiger partial charge in [0.1, 0.15) is 19.8 Å². The van der Waals surface area contributed by atoms with Crippen LogP contribution < -0.4 is 0 Å². The molecule has 0 rings (SSSR count). The Hall–Kier alpha value is -2.33. The fraction of sp³-hybridized carbons (Fsp3) is 0.727. The monoisotopic (exact) mass is 797 g/mol. The minimum Gasteiger partial charge on any atom is -0.462 e. The van der Waals surface area contributed by atoms with Crippen molar-refractivity contribution in [3.63, 3.8) is 0 Å². The van der Waals surface area contributed by atoms with Crippen LogP contribution in [0.4, 0.5) is 0 Å². The highest BCUT2D eigenvalue weighted by Gasteiger charge is 2.27. The van der Waals surface area contributed by atoms with Crippen LogP contribution in [0, 0.1) is 0 Å². The fourth-order valence-electron chi connectivity index (χ4n) is 5.23. The van der Waals surface area contributed by atoms with E-state index >= 15 is 0 Å². The summed E-state index contributed by atoms with van der Waals surface area (Å²) in [4.78, 5) is 35.3. The number of aliphatic hydroxyl groups is 1. The van der Waals surface area contributed by atoms with E-state index in [9.17, 15) is 24.2 Å². The number of likely N-dealkylation sites (N-methyl/N-ethyl adjacent to an activating group) is 1. The van der Waals surface area contributed by atoms with Gasteiger partial charge in [0.15, 0.2) is 6.10 Å². The van der Waals surface area contributed by atoms with Gasteiger partial charge in [-0.25, -0.2) is 4.57 Å². The average Bonchev–Trinajstić information content (AvgIpc) is 3.12. The number of hydrogen-bond donors (Lipinski definition) is 2. The molecular weight excluding hydrogens is 717 g/mol. The number of ether oxygens (including phenoxy) is 2. The number of phosphoric acid groups is 1. The smallest absolute Gasteiger partial charge is 0.462 e. The van der Waals surface area contributed by atoms with Crippen molar-refractivity contribution in [2.24, 2.45) is 0 Å². The quantitative estimate of drug-likeness (QED) is 0.0158. The molecule has 0 spiro atoms. The van der Waals surface area contributed by atoms with Gasteiger partial charge in [0, 0.05) is 12.8 Å². The standard InChI is InChI=1S/C44H78NO9P/c1-6-8-10-12-14-16-18-20-22-24-26-28-30-33-41(46)34-32-36-44(48)54-42(40-53-55(49,50)52-38-37-45(3,4)5)39-51-43(47)35-31-29-27-25-23-21-19-17-15-13-11-9-7-2/h14,16-17,19-20,22,26,28,30,33,41-42,46H,6-13,15,18,21,23-25,27,29,31-32,34-40H2,1-5H3/p+1/b16-14-,19-17-,22-20-,28-26-,33-30+/t41-,42+/m0/s1. The van der Waals surface area contributed by atoms with Crippen molar-refractivity contribution >= 4 is 19.8 Å². The molecule has 11 heteroatoms. The number of rotatable bonds is 37. The number of carbonyl (C=O) groups excluding carboxylic acids is 2. The fourth-order valence-corrected chi connectivity index (χ4v) is 5.97. The number of phosphoric ester groups is 1. The molecule has 0 aromatic heterocycles. The molecule has 2 N–H and O–H groups in total. The molecule has 10 nitrogen and oxygen atoms in total. The third kappa shape index (κ3) is 39.7. The normalized spacial score (nSPS) is 14.8. The number of nitrogens with zero attached hydrogens (tertiary/aromatic N) is 1. The maximum Gasteiger partial charge on any atom is 0.472 e. The molecule has 0 heterocycles. The molecule has 3 atom stereocenters. The van der Waals surface area contributed by atoms with Crippen molar-refractivity contribution in [1.82, 2.24) is 0 Å². The van der Waals surface area contributed by atoms with Gasteiger partial charge < -0.3 is 24.0 Å². The SMILES string of the molecule is CCCCC/C=C\C/C=C\C/C=C\C=C\[C@H](O)CCCC(=O)O[C@H](COC(=O)CCCCCCC/C=C\CCCCCC)COP(=O)(O)OCC[N+](C)(C)C. The highest BCUT2D eigenvalue weighted by atomic mass is 31.2. The highest BCUT2D eigenvalue weighted by molar-refractivity contribution is 7.47. The van der Waals surface area contributed by atoms with Crippen LogP contribution in [0.3, 0.4) is 0 Å². The molecule has 0 amide bonds. The Morgan fingerprint density at radius 1 is 0.655 bits per heavy atom. The van der Waals surface area contributed by atoms with Gasteiger partial charge in [0.05, 0.1) is 33.9 Å². The van der Waals surface area contributed by atoms with E-state index in [1.165, 1.54) is 44.9 Å². The van der Waals surface area contributed by atoms with Crippen LogP contribution in [0.25, 0.3) is 0 Å². The maximum atomic E-state index is 12.7. The molecule has 55 heavy (non-hydrogen) atoms. The number of esters is 2. The zero-order valence-electron chi connectivity index (χ0n) is 35.3. The molecule has 1 unspecified atom stereocenters. The summed E-state index contributed by atoms with van der Waals surface area (Å²) in [5, 5.41) is 10.3. The summed E-state index contributed by atoms with van der Waals surface area (Å²) in [7, 11) is 1.35. The summed E-state index contributed by atoms with van der Waals surface area (Å²) in [5.74, 6) is -1.02. The van der Waals surface area contributed by atoms with E-state index in [1.54, 1.807) is 12.2 Å². The Balaban J connectivity index is 4.63. The first-order chi connectivity index (χ1) is 26.4. The first-order valence-corrected chi connectivity index (χ1v) is 22.6. The lowest BCUT2D eigenvalue weighted by molar-refractivity contribution is -0.870. The van der Waals surface area contributed by atoms with E-state index in [1.807, 2.05) is 33.3 Å². The Morgan fingerprint density at radius 2 is 1.20 bits per heavy atom. The third-order valence-corrected chi connectivity index (χ3v) is 9.61. The van der Waals surface area contributed by atoms with E-state index in [4.69, 9.17) is 18.5 Å². The van der Waals surface area contributed by atoms with Crippen LogP contribution in [0.15, 0.2) is 60.8 Å². The van der Waals surface area contributed by atoms with Gasteiger partial charge in [-0.2, -0.15) is 0 Å². The zero-order valence-corrected chi connectivity index (χ0v) is 36.1. The van der Waals surface area contributed by atoms with Crippen LogP contribution in [0.1, 0.15) is 149 Å². The van der Waals surface area contributed by atoms with Gasteiger partial charge in [-0.05, 0) is 70.6 Å². The van der Waals surface area contributed by atoms with Crippen molar-refractivity contribution in [2.45, 2.75) is 161 Å². The van der Waals surface area contributed by atoms with Crippen molar-refractivity contribution in [3.8, 4) is 0 Å². The van der Waals surface area contributed by atoms with Crippen LogP contribution in [-0.4, -0.2) is 86.1 Å². The molecule has 0 aromatic rings. The molecule has 0 aliphatic heterocycles. The number of unbranched alkanes of at least 4 members (excludes halogenated alkanes) is 12. The summed E-state index contributed by atoms with van der Waals surface area (Å²) in [6.45, 7) is 4.12. The Labute approximate surface area is 335 Å². The highest BCUT2D eigenvalue weighted by Crippen LogP contribution is 2.43. The van der Waals surface area contributed by atoms with Crippen molar-refractivity contribution in [1.29, 1.82) is 0 Å². The molecular formula is C44H79NO9P+. The Bertz CT molecular complexity index is 1140. The van der Waals surface area contributed by atoms with E-state index in [0.717, 1.165) is 57.8 Å². The van der Waals surface area contributed by atoms with E-state index in [0.29, 0.717) is 30.3 Å². The van der Waals surface area contributed by atoms with Crippen LogP contribution in [-0.2, 0) is 32.7 Å². The van der Waals surface area contributed by atoms with Crippen molar-refractivity contribution < 1.29 is 47.2 Å². The maximum absolute atomic E-state index is 12.7. The molecule has 0 bridgehead atoms. The first-order valence-electron chi connectivity index (χ1n) is 21.1. The first kappa shape index (κ1) is 52.7. The number of quaternary nitrogens is 1. The molecule has 318 valence electrons. The van der Waals surface area contributed by atoms with Crippen LogP contribution >= 0.6 is 7.82 Å². The van der Waals surface area contributed by atoms with Gasteiger partial charge in [-0.1, -0.05) is 126 Å². The number of carbonyl (C=O) groups is 2. The lowest BCUT2D eigenvalue weighted by Crippen LogP contribution is -2.37. The second-order valence-electron chi connectivity index (χ2n) is 15.2. The minimum atomic E-state index is -4.43. The van der Waals surface area contributed by atoms with Crippen molar-refractivity contribution in [3.05, 3.63) is 60.8 Å². The molecule has 0 radical (unpaired) electrons. The molecule has 0 saturated heterocycles. The number of aliphatic hydroxyl groups excluding tert-OH is 1. The van der Waals surface area contributed by atoms with E-state index in [2.05, 4.69) is 50.3 Å². The summed E-state index contributed by atoms with van der Waals surface area (Å²) >= 11 is 0. The average molecular weight is 797 g/mol. The van der Waals surface area contributed by atoms with Gasteiger partial charge in [0.2, 0.25) is 0 Å². The van der Waals surface area contributed by atoms with Gasteiger partial charge in [0.25, 0.3) is 0 Å². The van der Waals surface area contributed by atoms with Gasteiger partial charge >= 0.3 is 19.8 Å². The van der Waals surface area contributed by atoms with Gasteiger partial charge in [-0.3, -0.25) is 18.6 Å². The Morgan fingerprint density at radius 3 is 1.87 bits per heavy atom. The predicted molar refractivity (Wildman–Crippen MR) is 225 cm³/mol. The molecule has 0 fully saturated rings. The topological polar surface area (TPSA) is 129 Å². The second-order valence-corrected chi connectivity index (χ2v) is 16.7. The summed E-state index contributed by atoms with van der Waals surface area (Å²) < 4.78 is 34.1. The zero-order chi connectivity index (χ0) is 40.9. The van der Waals surface area contributed by atoms with Crippen molar-refractivity contribution in [2.75, 3.05) is 47.5 Å². The summed E-state index contributed by atoms with van der Waals surface area (Å²) in [6.07, 6.45) is 38.7. The molecule has 0 aromatic carbocycles. The summed E-state index contributed by atoms with van der Waals surface area (Å²) in [6, 6.07) is 0. The predicted octanol–water partition coefficient (Wildman–Crippen LogP) is 10.7. The molecule has 0 aliphatic carbocycles. The lowest BCUT2D eigenvalue weighted by Gasteiger charge is -2.24. The van der Waals surface area contributed by atoms with Crippen LogP contribution in [0.2, 0.25) is 0 Å². The lowest BCUT2D eigenvalue weighted by atomic mass is 10.1. The largest absolute Gasteiger partial charge is 0.472 e. The van der Waals surface area contributed by atoms with E-state index in [-0.39, 0.29) is 26.1 Å². The number of hydrogen-bond acceptors (Lipinski definition) is 8. The third-order valence-electron chi connectivity index (χ3n) is 8.62. The minimum absolute atomic E-state index is 0.00667. The second kappa shape index (κ2) is 36.0. The van der Waals surface area contributed by atoms with E-state index < -0.39 is 38.6 Å². The van der Waals surface area contributed by atoms with Crippen LogP contribution in [0.5, 0.6) is 0 Å². The van der Waals surface area contributed by atoms with Gasteiger partial charge in [-0.15, -0.1) is 0 Å².